The van der Waals surface area contributed by atoms with Crippen LogP contribution in [0.4, 0.5) is 18.9 Å². The van der Waals surface area contributed by atoms with Crippen molar-refractivity contribution in [2.24, 2.45) is 0 Å². The van der Waals surface area contributed by atoms with Crippen LogP contribution >= 0.6 is 15.9 Å². The van der Waals surface area contributed by atoms with Gasteiger partial charge in [0.15, 0.2) is 17.5 Å². The summed E-state index contributed by atoms with van der Waals surface area (Å²) < 4.78 is 45.9. The number of hydrogen-bond acceptors (Lipinski definition) is 3. The molecule has 2 rings (SSSR count). The van der Waals surface area contributed by atoms with E-state index in [2.05, 4.69) is 26.6 Å². The Kier molecular flexibility index (Phi) is 6.84. The van der Waals surface area contributed by atoms with E-state index >= 15 is 0 Å². The third-order valence-electron chi connectivity index (χ3n) is 3.27. The Morgan fingerprint density at radius 1 is 1.11 bits per heavy atom. The summed E-state index contributed by atoms with van der Waals surface area (Å²) in [5.41, 5.74) is -0.320. The molecule has 0 aliphatic carbocycles. The molecule has 0 aliphatic heterocycles. The maximum Gasteiger partial charge on any atom is 0.255 e. The monoisotopic (exact) mass is 444 g/mol. The summed E-state index contributed by atoms with van der Waals surface area (Å²) in [6.45, 7) is 3.09. The fourth-order valence-corrected chi connectivity index (χ4v) is 2.45. The van der Waals surface area contributed by atoms with Crippen LogP contribution in [0.25, 0.3) is 0 Å². The van der Waals surface area contributed by atoms with E-state index in [1.54, 1.807) is 26.0 Å². The van der Waals surface area contributed by atoms with E-state index in [4.69, 9.17) is 4.74 Å². The van der Waals surface area contributed by atoms with Gasteiger partial charge in [-0.3, -0.25) is 9.59 Å². The molecule has 0 aliphatic rings. The van der Waals surface area contributed by atoms with Crippen molar-refractivity contribution in [3.63, 3.8) is 0 Å². The second-order valence-corrected chi connectivity index (χ2v) is 6.68. The molecular formula is C18H16BrF3N2O3. The number of carbonyl (C=O) groups is 2. The van der Waals surface area contributed by atoms with Crippen molar-refractivity contribution in [3.8, 4) is 5.75 Å². The zero-order valence-electron chi connectivity index (χ0n) is 14.4. The smallest absolute Gasteiger partial charge is 0.255 e. The van der Waals surface area contributed by atoms with Crippen LogP contribution < -0.4 is 15.4 Å². The van der Waals surface area contributed by atoms with Gasteiger partial charge in [-0.1, -0.05) is 15.9 Å². The minimum Gasteiger partial charge on any atom is -0.490 e. The average molecular weight is 445 g/mol. The molecule has 144 valence electrons. The fourth-order valence-electron chi connectivity index (χ4n) is 2.11. The van der Waals surface area contributed by atoms with E-state index in [1.165, 1.54) is 6.07 Å². The van der Waals surface area contributed by atoms with E-state index < -0.39 is 41.5 Å². The molecule has 27 heavy (non-hydrogen) atoms. The van der Waals surface area contributed by atoms with Gasteiger partial charge in [0.25, 0.3) is 5.91 Å². The summed E-state index contributed by atoms with van der Waals surface area (Å²) in [5, 5.41) is 4.43. The molecule has 0 aromatic heterocycles. The van der Waals surface area contributed by atoms with Crippen LogP contribution in [-0.2, 0) is 4.79 Å². The largest absolute Gasteiger partial charge is 0.490 e. The SMILES string of the molecule is CC(C)Oc1cc(Br)ccc1C(=O)NCC(=O)Nc1ccc(F)c(F)c1F. The van der Waals surface area contributed by atoms with Crippen LogP contribution in [-0.4, -0.2) is 24.5 Å². The van der Waals surface area contributed by atoms with E-state index in [9.17, 15) is 22.8 Å². The first kappa shape index (κ1) is 20.8. The second-order valence-electron chi connectivity index (χ2n) is 5.76. The molecule has 5 nitrogen and oxygen atoms in total. The minimum absolute atomic E-state index is 0.175. The Morgan fingerprint density at radius 2 is 1.81 bits per heavy atom. The van der Waals surface area contributed by atoms with Crippen LogP contribution in [0.2, 0.25) is 0 Å². The zero-order chi connectivity index (χ0) is 20.1. The average Bonchev–Trinajstić information content (AvgIpc) is 2.60. The molecule has 0 heterocycles. The molecule has 2 aromatic rings. The normalized spacial score (nSPS) is 10.6. The van der Waals surface area contributed by atoms with Crippen molar-refractivity contribution in [2.45, 2.75) is 20.0 Å². The predicted molar refractivity (Wildman–Crippen MR) is 97.2 cm³/mol. The highest BCUT2D eigenvalue weighted by Gasteiger charge is 2.17. The van der Waals surface area contributed by atoms with Gasteiger partial charge in [0, 0.05) is 4.47 Å². The van der Waals surface area contributed by atoms with Crippen molar-refractivity contribution < 1.29 is 27.5 Å². The molecule has 0 atom stereocenters. The molecule has 0 saturated carbocycles. The lowest BCUT2D eigenvalue weighted by atomic mass is 10.2. The van der Waals surface area contributed by atoms with Gasteiger partial charge in [-0.05, 0) is 44.2 Å². The molecule has 0 spiro atoms. The molecule has 0 fully saturated rings. The first-order valence-corrected chi connectivity index (χ1v) is 8.66. The van der Waals surface area contributed by atoms with Gasteiger partial charge in [-0.15, -0.1) is 0 Å². The highest BCUT2D eigenvalue weighted by Crippen LogP contribution is 2.25. The zero-order valence-corrected chi connectivity index (χ0v) is 16.0. The summed E-state index contributed by atoms with van der Waals surface area (Å²) in [4.78, 5) is 24.2. The van der Waals surface area contributed by atoms with E-state index in [0.717, 1.165) is 6.07 Å². The summed E-state index contributed by atoms with van der Waals surface area (Å²) >= 11 is 3.28. The highest BCUT2D eigenvalue weighted by atomic mass is 79.9. The van der Waals surface area contributed by atoms with Crippen LogP contribution in [0.15, 0.2) is 34.8 Å². The number of hydrogen-bond donors (Lipinski definition) is 2. The molecule has 0 unspecified atom stereocenters. The predicted octanol–water partition coefficient (Wildman–Crippen LogP) is 4.02. The first-order chi connectivity index (χ1) is 12.7. The van der Waals surface area contributed by atoms with Gasteiger partial charge < -0.3 is 15.4 Å². The van der Waals surface area contributed by atoms with Crippen molar-refractivity contribution >= 4 is 33.4 Å². The lowest BCUT2D eigenvalue weighted by Crippen LogP contribution is -2.33. The minimum atomic E-state index is -1.69. The second kappa shape index (κ2) is 8.90. The number of benzene rings is 2. The van der Waals surface area contributed by atoms with E-state index in [-0.39, 0.29) is 11.7 Å². The number of amides is 2. The third kappa shape index (κ3) is 5.46. The Labute approximate surface area is 162 Å². The fraction of sp³-hybridized carbons (Fsp3) is 0.222. The van der Waals surface area contributed by atoms with Crippen molar-refractivity contribution in [2.75, 3.05) is 11.9 Å². The van der Waals surface area contributed by atoms with Crippen LogP contribution in [0, 0.1) is 17.5 Å². The molecule has 9 heteroatoms. The molecule has 0 radical (unpaired) electrons. The van der Waals surface area contributed by atoms with Gasteiger partial charge in [0.05, 0.1) is 23.9 Å². The number of anilines is 1. The quantitative estimate of drug-likeness (QED) is 0.661. The number of halogens is 4. The van der Waals surface area contributed by atoms with Gasteiger partial charge in [-0.2, -0.15) is 0 Å². The lowest BCUT2D eigenvalue weighted by molar-refractivity contribution is -0.115. The summed E-state index contributed by atoms with van der Waals surface area (Å²) in [5.74, 6) is -5.65. The third-order valence-corrected chi connectivity index (χ3v) is 3.76. The Morgan fingerprint density at radius 3 is 2.48 bits per heavy atom. The standard InChI is InChI=1S/C18H16BrF3N2O3/c1-9(2)27-14-7-10(19)3-4-11(14)18(26)23-8-15(25)24-13-6-5-12(20)16(21)17(13)22/h3-7,9H,8H2,1-2H3,(H,23,26)(H,24,25). The van der Waals surface area contributed by atoms with Gasteiger partial charge >= 0.3 is 0 Å². The summed E-state index contributed by atoms with van der Waals surface area (Å²) in [6, 6.07) is 6.34. The Bertz CT molecular complexity index is 875. The summed E-state index contributed by atoms with van der Waals surface area (Å²) in [7, 11) is 0. The molecule has 2 amide bonds. The van der Waals surface area contributed by atoms with E-state index in [1.807, 2.05) is 0 Å². The number of nitrogens with one attached hydrogen (secondary N) is 2. The van der Waals surface area contributed by atoms with E-state index in [0.29, 0.717) is 16.3 Å². The van der Waals surface area contributed by atoms with Crippen molar-refractivity contribution in [3.05, 3.63) is 57.8 Å². The molecule has 0 saturated heterocycles. The highest BCUT2D eigenvalue weighted by molar-refractivity contribution is 9.10. The maximum absolute atomic E-state index is 13.6. The molecule has 2 aromatic carbocycles. The van der Waals surface area contributed by atoms with Crippen LogP contribution in [0.3, 0.4) is 0 Å². The summed E-state index contributed by atoms with van der Waals surface area (Å²) in [6.07, 6.45) is -0.175. The molecule has 0 bridgehead atoms. The van der Waals surface area contributed by atoms with Crippen LogP contribution in [0.1, 0.15) is 24.2 Å². The molecular weight excluding hydrogens is 429 g/mol. The lowest BCUT2D eigenvalue weighted by Gasteiger charge is -2.14. The number of rotatable bonds is 6. The van der Waals surface area contributed by atoms with Crippen molar-refractivity contribution in [1.82, 2.24) is 5.32 Å². The number of carbonyl (C=O) groups excluding carboxylic acids is 2. The number of ether oxygens (including phenoxy) is 1. The Hall–Kier alpha value is -2.55. The van der Waals surface area contributed by atoms with Crippen molar-refractivity contribution in [1.29, 1.82) is 0 Å². The van der Waals surface area contributed by atoms with Gasteiger partial charge in [0.1, 0.15) is 5.75 Å². The topological polar surface area (TPSA) is 67.4 Å². The van der Waals surface area contributed by atoms with Gasteiger partial charge in [-0.25, -0.2) is 13.2 Å². The maximum atomic E-state index is 13.6. The van der Waals surface area contributed by atoms with Crippen LogP contribution in [0.5, 0.6) is 5.75 Å². The Balaban J connectivity index is 2.03. The molecule has 2 N–H and O–H groups in total. The first-order valence-electron chi connectivity index (χ1n) is 7.86. The van der Waals surface area contributed by atoms with Gasteiger partial charge in [0.2, 0.25) is 5.91 Å².